The van der Waals surface area contributed by atoms with Gasteiger partial charge in [0.2, 0.25) is 9.84 Å². The molecule has 1 aromatic heterocycles. The van der Waals surface area contributed by atoms with Crippen LogP contribution in [0.2, 0.25) is 0 Å². The highest BCUT2D eigenvalue weighted by Crippen LogP contribution is 2.31. The lowest BCUT2D eigenvalue weighted by Gasteiger charge is -2.16. The molecule has 1 aromatic carbocycles. The molecular weight excluding hydrogens is 300 g/mol. The van der Waals surface area contributed by atoms with E-state index >= 15 is 0 Å². The van der Waals surface area contributed by atoms with E-state index in [4.69, 9.17) is 0 Å². The average molecular weight is 309 g/mol. The van der Waals surface area contributed by atoms with E-state index < -0.39 is 21.8 Å². The first-order chi connectivity index (χ1) is 9.50. The van der Waals surface area contributed by atoms with Crippen molar-refractivity contribution in [2.45, 2.75) is 9.79 Å². The van der Waals surface area contributed by atoms with Crippen molar-refractivity contribution in [2.75, 3.05) is 5.32 Å². The van der Waals surface area contributed by atoms with Crippen molar-refractivity contribution < 1.29 is 23.3 Å². The Bertz CT molecular complexity index is 810. The third-order valence-electron chi connectivity index (χ3n) is 2.90. The van der Waals surface area contributed by atoms with Gasteiger partial charge >= 0.3 is 11.9 Å². The number of hydrogen-bond donors (Lipinski definition) is 2. The maximum Gasteiger partial charge on any atom is 0.425 e. The Balaban J connectivity index is 2.25. The highest BCUT2D eigenvalue weighted by atomic mass is 32.2. The van der Waals surface area contributed by atoms with E-state index in [1.165, 1.54) is 41.0 Å². The van der Waals surface area contributed by atoms with Gasteiger partial charge in [-0.3, -0.25) is 5.32 Å². The topological polar surface area (TPSA) is 96.9 Å². The molecule has 3 amide bonds. The summed E-state index contributed by atoms with van der Waals surface area (Å²) in [6, 6.07) is 5.22. The van der Waals surface area contributed by atoms with Gasteiger partial charge in [0.25, 0.3) is 0 Å². The van der Waals surface area contributed by atoms with Crippen molar-refractivity contribution in [3.63, 3.8) is 0 Å². The van der Waals surface area contributed by atoms with Crippen molar-refractivity contribution in [1.29, 1.82) is 0 Å². The number of para-hydroxylation sites is 1. The lowest BCUT2D eigenvalue weighted by atomic mass is 10.1. The molecule has 3 N–H and O–H groups in total. The van der Waals surface area contributed by atoms with Gasteiger partial charge in [-0.25, -0.2) is 18.0 Å². The number of sulfone groups is 1. The van der Waals surface area contributed by atoms with Crippen LogP contribution in [0.15, 0.2) is 44.8 Å². The number of quaternary nitrogens is 1. The van der Waals surface area contributed by atoms with E-state index in [0.29, 0.717) is 0 Å². The van der Waals surface area contributed by atoms with E-state index in [1.54, 1.807) is 5.38 Å². The number of rotatable bonds is 2. The third-order valence-corrected chi connectivity index (χ3v) is 5.52. The number of urea groups is 1. The Labute approximate surface area is 118 Å². The number of nitrogens with two attached hydrogens (primary N) is 1. The Hall–Kier alpha value is -2.03. The number of nitrogens with one attached hydrogen (secondary N) is 1. The summed E-state index contributed by atoms with van der Waals surface area (Å²) in [5.41, 5.74) is 0.233. The molecule has 1 aliphatic rings. The lowest BCUT2D eigenvalue weighted by Crippen LogP contribution is -2.94. The summed E-state index contributed by atoms with van der Waals surface area (Å²) in [5.74, 6) is -0.494. The molecule has 2 heterocycles. The fourth-order valence-corrected chi connectivity index (χ4v) is 4.44. The molecular formula is C12H9N2O4S2+. The van der Waals surface area contributed by atoms with Gasteiger partial charge in [0.15, 0.2) is 0 Å². The highest BCUT2D eigenvalue weighted by molar-refractivity contribution is 7.91. The van der Waals surface area contributed by atoms with E-state index in [9.17, 15) is 18.0 Å². The quantitative estimate of drug-likeness (QED) is 0.858. The SMILES string of the molecule is O=C1Nc2c(cccc2S(=O)(=O)c2ccsc2)C(=O)[NH2+]1. The van der Waals surface area contributed by atoms with Crippen molar-refractivity contribution in [1.82, 2.24) is 0 Å². The second-order valence-corrected chi connectivity index (χ2v) is 6.84. The predicted octanol–water partition coefficient (Wildman–Crippen LogP) is 0.830. The third kappa shape index (κ3) is 1.94. The van der Waals surface area contributed by atoms with E-state index in [2.05, 4.69) is 5.32 Å². The van der Waals surface area contributed by atoms with Crippen LogP contribution in [0, 0.1) is 0 Å². The minimum Gasteiger partial charge on any atom is -0.273 e. The van der Waals surface area contributed by atoms with E-state index in [1.807, 2.05) is 0 Å². The molecule has 0 saturated carbocycles. The average Bonchev–Trinajstić information content (AvgIpc) is 2.92. The second-order valence-electron chi connectivity index (χ2n) is 4.14. The molecule has 3 rings (SSSR count). The molecule has 20 heavy (non-hydrogen) atoms. The summed E-state index contributed by atoms with van der Waals surface area (Å²) in [6.45, 7) is 0. The van der Waals surface area contributed by atoms with Crippen molar-refractivity contribution >= 4 is 38.8 Å². The minimum absolute atomic E-state index is 0.0520. The van der Waals surface area contributed by atoms with Gasteiger partial charge in [-0.05, 0) is 23.6 Å². The molecule has 0 spiro atoms. The van der Waals surface area contributed by atoms with Crippen molar-refractivity contribution in [3.05, 3.63) is 40.6 Å². The number of fused-ring (bicyclic) bond motifs is 1. The van der Waals surface area contributed by atoms with Crippen LogP contribution in [0.5, 0.6) is 0 Å². The van der Waals surface area contributed by atoms with Gasteiger partial charge in [0.1, 0.15) is 5.56 Å². The Morgan fingerprint density at radius 2 is 1.95 bits per heavy atom. The second kappa shape index (κ2) is 4.51. The van der Waals surface area contributed by atoms with Crippen LogP contribution >= 0.6 is 11.3 Å². The zero-order chi connectivity index (χ0) is 14.3. The molecule has 8 heteroatoms. The molecule has 102 valence electrons. The van der Waals surface area contributed by atoms with Crippen LogP contribution in [-0.2, 0) is 9.84 Å². The smallest absolute Gasteiger partial charge is 0.273 e. The predicted molar refractivity (Wildman–Crippen MR) is 71.5 cm³/mol. The fourth-order valence-electron chi connectivity index (χ4n) is 1.98. The van der Waals surface area contributed by atoms with Gasteiger partial charge in [-0.1, -0.05) is 6.07 Å². The number of amides is 3. The number of primary amides is 2. The number of benzene rings is 1. The normalized spacial score (nSPS) is 14.8. The Morgan fingerprint density at radius 1 is 1.15 bits per heavy atom. The van der Waals surface area contributed by atoms with Crippen LogP contribution in [0.3, 0.4) is 0 Å². The standard InChI is InChI=1S/C12H8N2O4S2/c15-11-8-2-1-3-9(10(8)13-12(16)14-11)20(17,18)7-4-5-19-6-7/h1-6H,(H2,13,14,15,16)/p+1. The molecule has 6 nitrogen and oxygen atoms in total. The molecule has 0 atom stereocenters. The molecule has 0 aliphatic carbocycles. The molecule has 0 bridgehead atoms. The monoisotopic (exact) mass is 309 g/mol. The Morgan fingerprint density at radius 3 is 2.65 bits per heavy atom. The van der Waals surface area contributed by atoms with Gasteiger partial charge in [-0.15, -0.1) is 0 Å². The summed E-state index contributed by atoms with van der Waals surface area (Å²) < 4.78 is 25.0. The first kappa shape index (κ1) is 13.0. The number of carbonyl (C=O) groups is 2. The molecule has 1 aliphatic heterocycles. The first-order valence-corrected chi connectivity index (χ1v) is 8.03. The van der Waals surface area contributed by atoms with Crippen LogP contribution in [0.25, 0.3) is 0 Å². The highest BCUT2D eigenvalue weighted by Gasteiger charge is 2.33. The summed E-state index contributed by atoms with van der Waals surface area (Å²) in [7, 11) is -3.75. The van der Waals surface area contributed by atoms with Crippen molar-refractivity contribution in [3.8, 4) is 0 Å². The van der Waals surface area contributed by atoms with Gasteiger partial charge < -0.3 is 0 Å². The van der Waals surface area contributed by atoms with E-state index in [-0.39, 0.29) is 21.0 Å². The van der Waals surface area contributed by atoms with Gasteiger partial charge in [-0.2, -0.15) is 16.7 Å². The molecule has 0 saturated heterocycles. The first-order valence-electron chi connectivity index (χ1n) is 5.60. The number of anilines is 1. The van der Waals surface area contributed by atoms with Gasteiger partial charge in [0, 0.05) is 5.38 Å². The Kier molecular flexibility index (Phi) is 2.93. The molecule has 2 aromatic rings. The van der Waals surface area contributed by atoms with Gasteiger partial charge in [0.05, 0.1) is 15.5 Å². The zero-order valence-corrected chi connectivity index (χ0v) is 11.6. The summed E-state index contributed by atoms with van der Waals surface area (Å²) in [4.78, 5) is 23.3. The molecule has 0 radical (unpaired) electrons. The largest absolute Gasteiger partial charge is 0.425 e. The molecule has 0 unspecified atom stereocenters. The summed E-state index contributed by atoms with van der Waals surface area (Å²) >= 11 is 1.26. The fraction of sp³-hybridized carbons (Fsp3) is 0. The number of carbonyl (C=O) groups excluding carboxylic acids is 2. The van der Waals surface area contributed by atoms with Crippen LogP contribution in [-0.4, -0.2) is 20.4 Å². The van der Waals surface area contributed by atoms with E-state index in [0.717, 1.165) is 5.32 Å². The van der Waals surface area contributed by atoms with Crippen LogP contribution in [0.4, 0.5) is 10.5 Å². The minimum atomic E-state index is -3.75. The van der Waals surface area contributed by atoms with Crippen molar-refractivity contribution in [2.24, 2.45) is 0 Å². The summed E-state index contributed by atoms with van der Waals surface area (Å²) in [5, 5.41) is 6.50. The summed E-state index contributed by atoms with van der Waals surface area (Å²) in [6.07, 6.45) is 0. The number of hydrogen-bond acceptors (Lipinski definition) is 5. The maximum absolute atomic E-state index is 12.5. The lowest BCUT2D eigenvalue weighted by molar-refractivity contribution is -0.447. The maximum atomic E-state index is 12.5. The number of imide groups is 1. The van der Waals surface area contributed by atoms with Crippen LogP contribution < -0.4 is 10.6 Å². The molecule has 0 fully saturated rings. The zero-order valence-electron chi connectivity index (χ0n) is 9.99. The number of thiophene rings is 1. The van der Waals surface area contributed by atoms with Crippen LogP contribution in [0.1, 0.15) is 10.4 Å².